The molecule has 0 saturated carbocycles. The zero-order valence-corrected chi connectivity index (χ0v) is 19.1. The normalized spacial score (nSPS) is 15.1. The monoisotopic (exact) mass is 464 g/mol. The van der Waals surface area contributed by atoms with Gasteiger partial charge in [0.05, 0.1) is 11.0 Å². The van der Waals surface area contributed by atoms with Gasteiger partial charge in [0.15, 0.2) is 0 Å². The molecule has 10 nitrogen and oxygen atoms in total. The molecule has 4 rings (SSSR count). The van der Waals surface area contributed by atoms with Crippen LogP contribution in [-0.4, -0.2) is 63.5 Å². The minimum absolute atomic E-state index is 0.0203. The molecule has 1 aliphatic rings. The molecule has 10 heteroatoms. The molecule has 178 valence electrons. The van der Waals surface area contributed by atoms with Gasteiger partial charge in [-0.25, -0.2) is 0 Å². The Hall–Kier alpha value is -3.79. The van der Waals surface area contributed by atoms with Crippen molar-refractivity contribution in [2.45, 2.75) is 25.8 Å². The highest BCUT2D eigenvalue weighted by Gasteiger charge is 2.27. The summed E-state index contributed by atoms with van der Waals surface area (Å²) >= 11 is 0. The number of amides is 1. The quantitative estimate of drug-likeness (QED) is 0.289. The molecular weight excluding hydrogens is 436 g/mol. The van der Waals surface area contributed by atoms with E-state index in [9.17, 15) is 14.9 Å². The summed E-state index contributed by atoms with van der Waals surface area (Å²) in [5.74, 6) is 1.30. The predicted octanol–water partition coefficient (Wildman–Crippen LogP) is 3.74. The van der Waals surface area contributed by atoms with Crippen molar-refractivity contribution in [1.82, 2.24) is 19.9 Å². The number of hydrogen-bond acceptors (Lipinski definition) is 8. The van der Waals surface area contributed by atoms with Crippen LogP contribution >= 0.6 is 0 Å². The number of nitro benzene ring substituents is 1. The Kier molecular flexibility index (Phi) is 7.48. The Morgan fingerprint density at radius 2 is 1.82 bits per heavy atom. The molecule has 0 aliphatic carbocycles. The first-order valence-electron chi connectivity index (χ1n) is 11.4. The third kappa shape index (κ3) is 5.76. The molecule has 1 N–H and O–H groups in total. The number of aromatic nitrogens is 2. The number of nitrogens with one attached hydrogen (secondary N) is 1. The highest BCUT2D eigenvalue weighted by Crippen LogP contribution is 2.23. The van der Waals surface area contributed by atoms with Crippen LogP contribution in [0.2, 0.25) is 0 Å². The van der Waals surface area contributed by atoms with E-state index >= 15 is 0 Å². The molecular formula is C24H28N6O4. The smallest absolute Gasteiger partial charge is 0.269 e. The molecule has 34 heavy (non-hydrogen) atoms. The summed E-state index contributed by atoms with van der Waals surface area (Å²) in [4.78, 5) is 31.6. The maximum Gasteiger partial charge on any atom is 0.269 e. The van der Waals surface area contributed by atoms with E-state index in [1.54, 1.807) is 12.1 Å². The fraction of sp³-hybridized carbons (Fsp3) is 0.375. The van der Waals surface area contributed by atoms with Crippen LogP contribution in [-0.2, 0) is 4.79 Å². The second kappa shape index (κ2) is 10.9. The van der Waals surface area contributed by atoms with Crippen molar-refractivity contribution in [3.63, 3.8) is 0 Å². The maximum atomic E-state index is 12.6. The zero-order valence-electron chi connectivity index (χ0n) is 19.1. The van der Waals surface area contributed by atoms with Gasteiger partial charge in [-0.15, -0.1) is 0 Å². The number of hydrogen-bond donors (Lipinski definition) is 1. The van der Waals surface area contributed by atoms with Crippen LogP contribution in [0.3, 0.4) is 0 Å². The number of rotatable bonds is 9. The minimum Gasteiger partial charge on any atom is -0.385 e. The average Bonchev–Trinajstić information content (AvgIpc) is 3.37. The molecule has 2 aromatic carbocycles. The van der Waals surface area contributed by atoms with E-state index in [0.717, 1.165) is 24.3 Å². The molecule has 1 aliphatic heterocycles. The second-order valence-electron chi connectivity index (χ2n) is 8.25. The van der Waals surface area contributed by atoms with Crippen LogP contribution in [0.1, 0.15) is 31.7 Å². The number of non-ortho nitro benzene ring substituents is 1. The van der Waals surface area contributed by atoms with E-state index in [0.29, 0.717) is 44.2 Å². The molecule has 1 unspecified atom stereocenters. The van der Waals surface area contributed by atoms with E-state index in [2.05, 4.69) is 20.4 Å². The minimum atomic E-state index is -0.424. The molecule has 1 amide bonds. The topological polar surface area (TPSA) is 118 Å². The molecule has 0 spiro atoms. The van der Waals surface area contributed by atoms with Crippen molar-refractivity contribution in [2.24, 2.45) is 0 Å². The van der Waals surface area contributed by atoms with Gasteiger partial charge in [0.25, 0.3) is 5.69 Å². The van der Waals surface area contributed by atoms with Crippen LogP contribution in [0.15, 0.2) is 59.1 Å². The highest BCUT2D eigenvalue weighted by molar-refractivity contribution is 5.76. The number of piperazine rings is 1. The van der Waals surface area contributed by atoms with E-state index < -0.39 is 4.92 Å². The summed E-state index contributed by atoms with van der Waals surface area (Å²) in [7, 11) is 0. The SMILES string of the molecule is CC(c1nc(-c2ccccc2)no1)N1CCN(C(=O)CCCNc2ccc([N+](=O)[O-])cc2)CC1. The third-order valence-electron chi connectivity index (χ3n) is 6.02. The lowest BCUT2D eigenvalue weighted by atomic mass is 10.2. The number of nitrogens with zero attached hydrogens (tertiary/aromatic N) is 5. The molecule has 1 aromatic heterocycles. The van der Waals surface area contributed by atoms with Gasteiger partial charge in [-0.05, 0) is 25.5 Å². The van der Waals surface area contributed by atoms with E-state index in [4.69, 9.17) is 4.52 Å². The predicted molar refractivity (Wildman–Crippen MR) is 127 cm³/mol. The van der Waals surface area contributed by atoms with Crippen molar-refractivity contribution in [3.05, 3.63) is 70.6 Å². The fourth-order valence-electron chi connectivity index (χ4n) is 3.96. The van der Waals surface area contributed by atoms with Crippen molar-refractivity contribution < 1.29 is 14.2 Å². The summed E-state index contributed by atoms with van der Waals surface area (Å²) in [5.41, 5.74) is 1.78. The molecule has 0 bridgehead atoms. The number of benzene rings is 2. The van der Waals surface area contributed by atoms with Crippen LogP contribution in [0.5, 0.6) is 0 Å². The fourth-order valence-corrected chi connectivity index (χ4v) is 3.96. The van der Waals surface area contributed by atoms with Crippen LogP contribution in [0.4, 0.5) is 11.4 Å². The second-order valence-corrected chi connectivity index (χ2v) is 8.25. The first-order chi connectivity index (χ1) is 16.5. The molecule has 1 atom stereocenters. The number of nitro groups is 1. The van der Waals surface area contributed by atoms with Gasteiger partial charge in [-0.1, -0.05) is 35.5 Å². The van der Waals surface area contributed by atoms with Crippen molar-refractivity contribution in [2.75, 3.05) is 38.0 Å². The van der Waals surface area contributed by atoms with E-state index in [1.807, 2.05) is 42.2 Å². The maximum absolute atomic E-state index is 12.6. The molecule has 0 radical (unpaired) electrons. The molecule has 2 heterocycles. The van der Waals surface area contributed by atoms with Gasteiger partial charge in [0, 0.05) is 62.5 Å². The van der Waals surface area contributed by atoms with Gasteiger partial charge >= 0.3 is 0 Å². The van der Waals surface area contributed by atoms with Gasteiger partial charge in [-0.2, -0.15) is 4.98 Å². The Labute approximate surface area is 197 Å². The van der Waals surface area contributed by atoms with Gasteiger partial charge in [0.1, 0.15) is 0 Å². The summed E-state index contributed by atoms with van der Waals surface area (Å²) in [6.07, 6.45) is 1.15. The first kappa shape index (κ1) is 23.4. The lowest BCUT2D eigenvalue weighted by Crippen LogP contribution is -2.49. The molecule has 1 saturated heterocycles. The van der Waals surface area contributed by atoms with Crippen LogP contribution in [0.25, 0.3) is 11.4 Å². The number of anilines is 1. The Balaban J connectivity index is 1.18. The van der Waals surface area contributed by atoms with Crippen molar-refractivity contribution in [3.8, 4) is 11.4 Å². The van der Waals surface area contributed by atoms with E-state index in [1.165, 1.54) is 12.1 Å². The van der Waals surface area contributed by atoms with Crippen molar-refractivity contribution in [1.29, 1.82) is 0 Å². The average molecular weight is 465 g/mol. The summed E-state index contributed by atoms with van der Waals surface area (Å²) < 4.78 is 5.50. The van der Waals surface area contributed by atoms with Crippen LogP contribution < -0.4 is 5.32 Å². The summed E-state index contributed by atoms with van der Waals surface area (Å²) in [5, 5.41) is 18.0. The summed E-state index contributed by atoms with van der Waals surface area (Å²) in [6, 6.07) is 16.0. The zero-order chi connectivity index (χ0) is 23.9. The van der Waals surface area contributed by atoms with Crippen molar-refractivity contribution >= 4 is 17.3 Å². The Morgan fingerprint density at radius 1 is 1.12 bits per heavy atom. The lowest BCUT2D eigenvalue weighted by Gasteiger charge is -2.36. The first-order valence-corrected chi connectivity index (χ1v) is 11.4. The number of carbonyl (C=O) groups excluding carboxylic acids is 1. The van der Waals surface area contributed by atoms with Crippen LogP contribution in [0, 0.1) is 10.1 Å². The Bertz CT molecular complexity index is 1090. The number of carbonyl (C=O) groups is 1. The van der Waals surface area contributed by atoms with E-state index in [-0.39, 0.29) is 17.6 Å². The molecule has 3 aromatic rings. The lowest BCUT2D eigenvalue weighted by molar-refractivity contribution is -0.384. The highest BCUT2D eigenvalue weighted by atomic mass is 16.6. The third-order valence-corrected chi connectivity index (χ3v) is 6.02. The largest absolute Gasteiger partial charge is 0.385 e. The summed E-state index contributed by atoms with van der Waals surface area (Å²) in [6.45, 7) is 5.50. The standard InChI is InChI=1S/C24H28N6O4/c1-18(24-26-23(27-34-24)19-6-3-2-4-7-19)28-14-16-29(17-15-28)22(31)8-5-13-25-20-9-11-21(12-10-20)30(32)33/h2-4,6-7,9-12,18,25H,5,8,13-17H2,1H3. The Morgan fingerprint density at radius 3 is 2.50 bits per heavy atom. The van der Waals surface area contributed by atoms with Gasteiger partial charge in [-0.3, -0.25) is 19.8 Å². The molecule has 1 fully saturated rings. The van der Waals surface area contributed by atoms with Gasteiger partial charge < -0.3 is 14.7 Å². The van der Waals surface area contributed by atoms with Gasteiger partial charge in [0.2, 0.25) is 17.6 Å².